The van der Waals surface area contributed by atoms with E-state index in [1.807, 2.05) is 0 Å². The Kier molecular flexibility index (Phi) is 4.16. The molecule has 0 aliphatic heterocycles. The fraction of sp³-hybridized carbons (Fsp3) is 0.667. The molecule has 0 aromatic rings. The highest BCUT2D eigenvalue weighted by atomic mass is 35.5. The molecule has 0 aliphatic carbocycles. The summed E-state index contributed by atoms with van der Waals surface area (Å²) in [5.41, 5.74) is 9.79. The third kappa shape index (κ3) is 5.36. The van der Waals surface area contributed by atoms with Crippen LogP contribution in [-0.4, -0.2) is 18.4 Å². The molecule has 0 rings (SSSR count). The van der Waals surface area contributed by atoms with Gasteiger partial charge < -0.3 is 16.3 Å². The van der Waals surface area contributed by atoms with Crippen molar-refractivity contribution in [1.82, 2.24) is 0 Å². The predicted molar refractivity (Wildman–Crippen MR) is 32.5 cm³/mol. The molecule has 0 aromatic heterocycles. The van der Waals surface area contributed by atoms with Gasteiger partial charge in [-0.3, -0.25) is 0 Å². The van der Waals surface area contributed by atoms with Gasteiger partial charge in [0, 0.05) is 0 Å². The van der Waals surface area contributed by atoms with Crippen molar-refractivity contribution in [2.45, 2.75) is 0 Å². The molecular weight excluding hydrogens is 130 g/mol. The second kappa shape index (κ2) is 4.52. The Morgan fingerprint density at radius 2 is 2.25 bits per heavy atom. The first-order valence-corrected chi connectivity index (χ1v) is 2.57. The van der Waals surface area contributed by atoms with Gasteiger partial charge in [-0.05, 0) is 5.16 Å². The second-order valence-electron chi connectivity index (χ2n) is 1.04. The van der Waals surface area contributed by atoms with Gasteiger partial charge in [-0.1, -0.05) is 0 Å². The van der Waals surface area contributed by atoms with Crippen LogP contribution in [0.5, 0.6) is 0 Å². The largest absolute Gasteiger partial charge is 0.392 e. The zero-order chi connectivity index (χ0) is 6.41. The standard InChI is InChI=1S/C3H8ClN3O/c4-1-2-8-7-3(5)6/h1-2H2,(H4,5,6,7). The maximum absolute atomic E-state index is 5.21. The van der Waals surface area contributed by atoms with Gasteiger partial charge >= 0.3 is 0 Å². The normalized spacial score (nSPS) is 8.12. The lowest BCUT2D eigenvalue weighted by atomic mass is 10.9. The molecule has 0 spiro atoms. The van der Waals surface area contributed by atoms with Crippen molar-refractivity contribution in [1.29, 1.82) is 0 Å². The van der Waals surface area contributed by atoms with Crippen molar-refractivity contribution < 1.29 is 4.84 Å². The molecule has 0 radical (unpaired) electrons. The minimum atomic E-state index is -0.0879. The molecule has 0 atom stereocenters. The Morgan fingerprint density at radius 3 is 2.62 bits per heavy atom. The SMILES string of the molecule is NC(N)=NOCCCl. The van der Waals surface area contributed by atoms with Crippen LogP contribution in [0.15, 0.2) is 5.16 Å². The number of nitrogens with zero attached hydrogens (tertiary/aromatic N) is 1. The molecule has 0 saturated carbocycles. The highest BCUT2D eigenvalue weighted by Crippen LogP contribution is 1.77. The Bertz CT molecular complexity index is 80.6. The van der Waals surface area contributed by atoms with E-state index in [0.717, 1.165) is 0 Å². The van der Waals surface area contributed by atoms with Gasteiger partial charge in [0.2, 0.25) is 5.96 Å². The number of guanidine groups is 1. The highest BCUT2D eigenvalue weighted by molar-refractivity contribution is 6.17. The number of hydrogen-bond acceptors (Lipinski definition) is 2. The fourth-order valence-corrected chi connectivity index (χ4v) is 0.224. The van der Waals surface area contributed by atoms with Crippen molar-refractivity contribution in [3.8, 4) is 0 Å². The molecule has 0 bridgehead atoms. The zero-order valence-corrected chi connectivity index (χ0v) is 5.06. The summed E-state index contributed by atoms with van der Waals surface area (Å²) in [6.45, 7) is 0.333. The van der Waals surface area contributed by atoms with Gasteiger partial charge in [-0.25, -0.2) is 0 Å². The van der Waals surface area contributed by atoms with Crippen molar-refractivity contribution in [2.24, 2.45) is 16.6 Å². The summed E-state index contributed by atoms with van der Waals surface area (Å²) in [7, 11) is 0. The first-order valence-electron chi connectivity index (χ1n) is 2.04. The zero-order valence-electron chi connectivity index (χ0n) is 4.30. The molecule has 0 amide bonds. The lowest BCUT2D eigenvalue weighted by Gasteiger charge is -1.92. The van der Waals surface area contributed by atoms with Crippen molar-refractivity contribution in [2.75, 3.05) is 12.5 Å². The van der Waals surface area contributed by atoms with E-state index in [9.17, 15) is 0 Å². The van der Waals surface area contributed by atoms with Crippen LogP contribution in [0.2, 0.25) is 0 Å². The molecule has 0 aliphatic rings. The Hall–Kier alpha value is -0.640. The quantitative estimate of drug-likeness (QED) is 0.180. The van der Waals surface area contributed by atoms with Gasteiger partial charge in [-0.15, -0.1) is 11.6 Å². The van der Waals surface area contributed by atoms with Crippen molar-refractivity contribution in [3.63, 3.8) is 0 Å². The molecule has 0 fully saturated rings. The summed E-state index contributed by atoms with van der Waals surface area (Å²) >= 11 is 5.21. The smallest absolute Gasteiger partial charge is 0.228 e. The van der Waals surface area contributed by atoms with Crippen LogP contribution in [0.4, 0.5) is 0 Å². The van der Waals surface area contributed by atoms with E-state index < -0.39 is 0 Å². The first-order chi connectivity index (χ1) is 3.77. The summed E-state index contributed by atoms with van der Waals surface area (Å²) in [6.07, 6.45) is 0. The van der Waals surface area contributed by atoms with Gasteiger partial charge in [0.25, 0.3) is 0 Å². The number of nitrogens with two attached hydrogens (primary N) is 2. The van der Waals surface area contributed by atoms with Crippen LogP contribution < -0.4 is 11.5 Å². The lowest BCUT2D eigenvalue weighted by molar-refractivity contribution is 0.160. The van der Waals surface area contributed by atoms with Crippen LogP contribution in [0.25, 0.3) is 0 Å². The molecular formula is C3H8ClN3O. The fourth-order valence-electron chi connectivity index (χ4n) is 0.155. The monoisotopic (exact) mass is 137 g/mol. The van der Waals surface area contributed by atoms with E-state index in [2.05, 4.69) is 9.99 Å². The van der Waals surface area contributed by atoms with Gasteiger partial charge in [0.15, 0.2) is 0 Å². The van der Waals surface area contributed by atoms with E-state index >= 15 is 0 Å². The highest BCUT2D eigenvalue weighted by Gasteiger charge is 1.79. The van der Waals surface area contributed by atoms with Gasteiger partial charge in [0.1, 0.15) is 6.61 Å². The summed E-state index contributed by atoms with van der Waals surface area (Å²) < 4.78 is 0. The second-order valence-corrected chi connectivity index (χ2v) is 1.42. The van der Waals surface area contributed by atoms with E-state index in [4.69, 9.17) is 23.1 Å². The van der Waals surface area contributed by atoms with Crippen LogP contribution >= 0.6 is 11.6 Å². The first kappa shape index (κ1) is 7.36. The molecule has 4 nitrogen and oxygen atoms in total. The Labute approximate surface area is 52.4 Å². The van der Waals surface area contributed by atoms with Crippen LogP contribution in [0.3, 0.4) is 0 Å². The summed E-state index contributed by atoms with van der Waals surface area (Å²) in [5, 5.41) is 3.20. The van der Waals surface area contributed by atoms with Crippen LogP contribution in [0, 0.1) is 0 Å². The maximum Gasteiger partial charge on any atom is 0.228 e. The van der Waals surface area contributed by atoms with Gasteiger partial charge in [0.05, 0.1) is 5.88 Å². The van der Waals surface area contributed by atoms with Crippen molar-refractivity contribution >= 4 is 17.6 Å². The van der Waals surface area contributed by atoms with E-state index in [0.29, 0.717) is 12.5 Å². The predicted octanol–water partition coefficient (Wildman–Crippen LogP) is -0.570. The molecule has 8 heavy (non-hydrogen) atoms. The summed E-state index contributed by atoms with van der Waals surface area (Å²) in [4.78, 5) is 4.45. The van der Waals surface area contributed by atoms with E-state index in [1.165, 1.54) is 0 Å². The van der Waals surface area contributed by atoms with Crippen LogP contribution in [0.1, 0.15) is 0 Å². The van der Waals surface area contributed by atoms with E-state index in [1.54, 1.807) is 0 Å². The molecule has 5 heteroatoms. The molecule has 4 N–H and O–H groups in total. The number of alkyl halides is 1. The lowest BCUT2D eigenvalue weighted by Crippen LogP contribution is -2.22. The maximum atomic E-state index is 5.21. The third-order valence-electron chi connectivity index (χ3n) is 0.338. The molecule has 48 valence electrons. The molecule has 0 saturated heterocycles. The average Bonchev–Trinajstić information content (AvgIpc) is 1.66. The molecule has 0 heterocycles. The van der Waals surface area contributed by atoms with Crippen LogP contribution in [-0.2, 0) is 4.84 Å². The Morgan fingerprint density at radius 1 is 1.62 bits per heavy atom. The van der Waals surface area contributed by atoms with Crippen molar-refractivity contribution in [3.05, 3.63) is 0 Å². The summed E-state index contributed by atoms with van der Waals surface area (Å²) in [5.74, 6) is 0.298. The minimum absolute atomic E-state index is 0.0879. The number of oxime groups is 1. The average molecular weight is 138 g/mol. The topological polar surface area (TPSA) is 73.6 Å². The van der Waals surface area contributed by atoms with E-state index in [-0.39, 0.29) is 5.96 Å². The summed E-state index contributed by atoms with van der Waals surface area (Å²) in [6, 6.07) is 0. The van der Waals surface area contributed by atoms with Gasteiger partial charge in [-0.2, -0.15) is 0 Å². The molecule has 0 unspecified atom stereocenters. The minimum Gasteiger partial charge on any atom is -0.392 e. The molecule has 0 aromatic carbocycles. The number of halogens is 1. The Balaban J connectivity index is 3.03. The number of rotatable bonds is 3. The third-order valence-corrected chi connectivity index (χ3v) is 0.493. The number of hydrogen-bond donors (Lipinski definition) is 2.